The van der Waals surface area contributed by atoms with Crippen molar-refractivity contribution in [1.82, 2.24) is 10.0 Å². The molecule has 0 radical (unpaired) electrons. The summed E-state index contributed by atoms with van der Waals surface area (Å²) in [5, 5.41) is 2.42. The molecular formula is C10H14BrN3O3S. The Morgan fingerprint density at radius 3 is 2.50 bits per heavy atom. The number of urea groups is 1. The molecule has 0 saturated heterocycles. The van der Waals surface area contributed by atoms with Crippen molar-refractivity contribution in [3.8, 4) is 0 Å². The highest BCUT2D eigenvalue weighted by Crippen LogP contribution is 2.22. The minimum Gasteiger partial charge on any atom is -0.398 e. The van der Waals surface area contributed by atoms with Gasteiger partial charge in [-0.15, -0.1) is 0 Å². The molecule has 0 aromatic heterocycles. The first-order valence-corrected chi connectivity index (χ1v) is 7.38. The minimum atomic E-state index is -3.91. The van der Waals surface area contributed by atoms with Crippen LogP contribution in [0.3, 0.4) is 0 Å². The second-order valence-corrected chi connectivity index (χ2v) is 6.45. The second-order valence-electron chi connectivity index (χ2n) is 3.92. The van der Waals surface area contributed by atoms with Crippen LogP contribution < -0.4 is 15.8 Å². The van der Waals surface area contributed by atoms with Crippen LogP contribution in [0.25, 0.3) is 0 Å². The first-order valence-electron chi connectivity index (χ1n) is 5.10. The van der Waals surface area contributed by atoms with Crippen molar-refractivity contribution in [2.24, 2.45) is 0 Å². The van der Waals surface area contributed by atoms with Gasteiger partial charge in [-0.3, -0.25) is 0 Å². The van der Waals surface area contributed by atoms with E-state index in [0.29, 0.717) is 4.47 Å². The van der Waals surface area contributed by atoms with E-state index in [2.05, 4.69) is 21.2 Å². The van der Waals surface area contributed by atoms with Crippen LogP contribution in [0.2, 0.25) is 0 Å². The number of carbonyl (C=O) groups excluding carboxylic acids is 1. The van der Waals surface area contributed by atoms with Crippen LogP contribution in [-0.4, -0.2) is 20.5 Å². The molecular weight excluding hydrogens is 322 g/mol. The van der Waals surface area contributed by atoms with E-state index in [1.54, 1.807) is 13.8 Å². The molecule has 0 aliphatic rings. The number of rotatable bonds is 3. The van der Waals surface area contributed by atoms with Crippen molar-refractivity contribution in [3.63, 3.8) is 0 Å². The Bertz CT molecular complexity index is 557. The third-order valence-electron chi connectivity index (χ3n) is 1.92. The molecule has 0 aliphatic carbocycles. The monoisotopic (exact) mass is 335 g/mol. The molecule has 0 atom stereocenters. The summed E-state index contributed by atoms with van der Waals surface area (Å²) in [5.41, 5.74) is 5.87. The van der Waals surface area contributed by atoms with Crippen LogP contribution in [0.5, 0.6) is 0 Å². The Balaban J connectivity index is 2.93. The average Bonchev–Trinajstić information content (AvgIpc) is 2.19. The standard InChI is InChI=1S/C10H14BrN3O3S/c1-6(2)13-10(15)14-18(16,17)7-3-4-8(11)9(12)5-7/h3-6H,12H2,1-2H3,(H2,13,14,15). The molecule has 2 amide bonds. The SMILES string of the molecule is CC(C)NC(=O)NS(=O)(=O)c1ccc(Br)c(N)c1. The summed E-state index contributed by atoms with van der Waals surface area (Å²) in [7, 11) is -3.91. The summed E-state index contributed by atoms with van der Waals surface area (Å²) in [6, 6.07) is 3.20. The number of carbonyl (C=O) groups is 1. The van der Waals surface area contributed by atoms with Crippen molar-refractivity contribution < 1.29 is 13.2 Å². The Kier molecular flexibility index (Phi) is 4.58. The predicted octanol–water partition coefficient (Wildman–Crippen LogP) is 1.43. The lowest BCUT2D eigenvalue weighted by Gasteiger charge is -2.11. The van der Waals surface area contributed by atoms with Crippen LogP contribution in [0.4, 0.5) is 10.5 Å². The largest absolute Gasteiger partial charge is 0.398 e. The molecule has 1 aromatic carbocycles. The number of hydrogen-bond donors (Lipinski definition) is 3. The topological polar surface area (TPSA) is 101 Å². The van der Waals surface area contributed by atoms with E-state index in [1.165, 1.54) is 18.2 Å². The number of anilines is 1. The van der Waals surface area contributed by atoms with Crippen molar-refractivity contribution in [2.75, 3.05) is 5.73 Å². The first kappa shape index (κ1) is 14.8. The summed E-state index contributed by atoms with van der Waals surface area (Å²) in [4.78, 5) is 11.3. The number of sulfonamides is 1. The smallest absolute Gasteiger partial charge is 0.328 e. The summed E-state index contributed by atoms with van der Waals surface area (Å²) >= 11 is 3.16. The van der Waals surface area contributed by atoms with Gasteiger partial charge in [0.15, 0.2) is 0 Å². The Hall–Kier alpha value is -1.28. The fourth-order valence-corrected chi connectivity index (χ4v) is 2.36. The van der Waals surface area contributed by atoms with E-state index < -0.39 is 16.1 Å². The highest BCUT2D eigenvalue weighted by Gasteiger charge is 2.18. The number of nitrogens with two attached hydrogens (primary N) is 1. The van der Waals surface area contributed by atoms with Crippen molar-refractivity contribution in [3.05, 3.63) is 22.7 Å². The molecule has 0 aliphatic heterocycles. The van der Waals surface area contributed by atoms with Crippen molar-refractivity contribution in [2.45, 2.75) is 24.8 Å². The molecule has 1 aromatic rings. The quantitative estimate of drug-likeness (QED) is 0.727. The third-order valence-corrected chi connectivity index (χ3v) is 3.98. The maximum Gasteiger partial charge on any atom is 0.328 e. The lowest BCUT2D eigenvalue weighted by atomic mass is 10.3. The number of benzene rings is 1. The summed E-state index contributed by atoms with van der Waals surface area (Å²) < 4.78 is 26.2. The zero-order valence-corrected chi connectivity index (χ0v) is 12.3. The molecule has 0 bridgehead atoms. The number of hydrogen-bond acceptors (Lipinski definition) is 4. The van der Waals surface area contributed by atoms with E-state index in [9.17, 15) is 13.2 Å². The lowest BCUT2D eigenvalue weighted by Crippen LogP contribution is -2.42. The van der Waals surface area contributed by atoms with Crippen molar-refractivity contribution >= 4 is 37.7 Å². The van der Waals surface area contributed by atoms with E-state index in [-0.39, 0.29) is 16.6 Å². The molecule has 0 saturated carbocycles. The summed E-state index contributed by atoms with van der Waals surface area (Å²) in [5.74, 6) is 0. The van der Waals surface area contributed by atoms with Gasteiger partial charge in [0, 0.05) is 16.2 Å². The normalized spacial score (nSPS) is 11.3. The maximum atomic E-state index is 11.8. The Morgan fingerprint density at radius 1 is 1.39 bits per heavy atom. The average molecular weight is 336 g/mol. The fraction of sp³-hybridized carbons (Fsp3) is 0.300. The fourth-order valence-electron chi connectivity index (χ4n) is 1.16. The molecule has 18 heavy (non-hydrogen) atoms. The molecule has 0 fully saturated rings. The van der Waals surface area contributed by atoms with Gasteiger partial charge >= 0.3 is 6.03 Å². The number of amides is 2. The molecule has 0 spiro atoms. The molecule has 8 heteroatoms. The van der Waals surface area contributed by atoms with Gasteiger partial charge in [0.1, 0.15) is 0 Å². The molecule has 6 nitrogen and oxygen atoms in total. The van der Waals surface area contributed by atoms with E-state index in [4.69, 9.17) is 5.73 Å². The zero-order chi connectivity index (χ0) is 13.9. The maximum absolute atomic E-state index is 11.8. The molecule has 0 heterocycles. The summed E-state index contributed by atoms with van der Waals surface area (Å²) in [6.07, 6.45) is 0. The molecule has 100 valence electrons. The van der Waals surface area contributed by atoms with Crippen LogP contribution in [0, 0.1) is 0 Å². The van der Waals surface area contributed by atoms with Crippen LogP contribution in [0.1, 0.15) is 13.8 Å². The predicted molar refractivity (Wildman–Crippen MR) is 72.5 cm³/mol. The van der Waals surface area contributed by atoms with E-state index in [0.717, 1.165) is 0 Å². The van der Waals surface area contributed by atoms with E-state index in [1.807, 2.05) is 4.72 Å². The van der Waals surface area contributed by atoms with Gasteiger partial charge in [-0.25, -0.2) is 17.9 Å². The third kappa shape index (κ3) is 3.88. The van der Waals surface area contributed by atoms with Gasteiger partial charge < -0.3 is 11.1 Å². The van der Waals surface area contributed by atoms with Gasteiger partial charge in [-0.2, -0.15) is 0 Å². The van der Waals surface area contributed by atoms with E-state index >= 15 is 0 Å². The highest BCUT2D eigenvalue weighted by molar-refractivity contribution is 9.10. The van der Waals surface area contributed by atoms with Gasteiger partial charge in [-0.1, -0.05) is 0 Å². The number of nitrogens with one attached hydrogen (secondary N) is 2. The van der Waals surface area contributed by atoms with Crippen molar-refractivity contribution in [1.29, 1.82) is 0 Å². The molecule has 0 unspecified atom stereocenters. The van der Waals surface area contributed by atoms with Crippen LogP contribution >= 0.6 is 15.9 Å². The van der Waals surface area contributed by atoms with Gasteiger partial charge in [0.25, 0.3) is 10.0 Å². The van der Waals surface area contributed by atoms with Crippen LogP contribution in [0.15, 0.2) is 27.6 Å². The van der Waals surface area contributed by atoms with Gasteiger partial charge in [-0.05, 0) is 48.0 Å². The Labute approximate surface area is 114 Å². The summed E-state index contributed by atoms with van der Waals surface area (Å²) in [6.45, 7) is 3.45. The first-order chi connectivity index (χ1) is 8.22. The van der Waals surface area contributed by atoms with Gasteiger partial charge in [0.05, 0.1) is 4.90 Å². The molecule has 4 N–H and O–H groups in total. The lowest BCUT2D eigenvalue weighted by molar-refractivity contribution is 0.243. The molecule has 1 rings (SSSR count). The van der Waals surface area contributed by atoms with Crippen LogP contribution in [-0.2, 0) is 10.0 Å². The number of halogens is 1. The van der Waals surface area contributed by atoms with Gasteiger partial charge in [0.2, 0.25) is 0 Å². The Morgan fingerprint density at radius 2 is 2.00 bits per heavy atom. The minimum absolute atomic E-state index is 0.0675. The highest BCUT2D eigenvalue weighted by atomic mass is 79.9. The second kappa shape index (κ2) is 5.57. The zero-order valence-electron chi connectivity index (χ0n) is 9.90. The number of nitrogen functional groups attached to an aromatic ring is 1.